The van der Waals surface area contributed by atoms with Gasteiger partial charge in [0.15, 0.2) is 0 Å². The molecule has 2 aliphatic rings. The van der Waals surface area contributed by atoms with Crippen molar-refractivity contribution in [3.8, 4) is 0 Å². The molecule has 0 aromatic heterocycles. The fourth-order valence-electron chi connectivity index (χ4n) is 4.32. The van der Waals surface area contributed by atoms with Crippen LogP contribution in [-0.2, 0) is 0 Å². The number of hydrogen-bond acceptors (Lipinski definition) is 0. The lowest BCUT2D eigenvalue weighted by molar-refractivity contribution is 0.0684. The predicted octanol–water partition coefficient (Wildman–Crippen LogP) is 5.78. The van der Waals surface area contributed by atoms with E-state index in [1.807, 2.05) is 0 Å². The molecular weight excluding hydrogens is 228 g/mol. The van der Waals surface area contributed by atoms with Crippen molar-refractivity contribution in [3.63, 3.8) is 0 Å². The van der Waals surface area contributed by atoms with E-state index < -0.39 is 0 Å². The first-order chi connectivity index (χ1) is 8.30. The zero-order valence-corrected chi connectivity index (χ0v) is 12.3. The third-order valence-electron chi connectivity index (χ3n) is 5.54. The zero-order valence-electron chi connectivity index (χ0n) is 11.5. The molecule has 100 valence electrons. The number of hydrogen-bond donors (Lipinski definition) is 0. The summed E-state index contributed by atoms with van der Waals surface area (Å²) in [5, 5.41) is 0. The molecule has 0 nitrogen and oxygen atoms in total. The Kier molecular flexibility index (Phi) is 5.21. The van der Waals surface area contributed by atoms with Gasteiger partial charge in [-0.05, 0) is 55.8 Å². The molecule has 2 fully saturated rings. The zero-order chi connectivity index (χ0) is 12.1. The second-order valence-corrected chi connectivity index (χ2v) is 6.83. The highest BCUT2D eigenvalue weighted by atomic mass is 35.5. The quantitative estimate of drug-likeness (QED) is 0.559. The van der Waals surface area contributed by atoms with Gasteiger partial charge in [0, 0.05) is 5.88 Å². The molecule has 0 atom stereocenters. The minimum Gasteiger partial charge on any atom is -0.126 e. The van der Waals surface area contributed by atoms with Crippen molar-refractivity contribution in [3.05, 3.63) is 0 Å². The van der Waals surface area contributed by atoms with Crippen molar-refractivity contribution in [2.24, 2.45) is 17.3 Å². The average molecular weight is 257 g/mol. The van der Waals surface area contributed by atoms with Gasteiger partial charge in [0.05, 0.1) is 0 Å². The van der Waals surface area contributed by atoms with Gasteiger partial charge in [-0.2, -0.15) is 0 Å². The molecule has 0 unspecified atom stereocenters. The van der Waals surface area contributed by atoms with E-state index in [9.17, 15) is 0 Å². The number of alkyl halides is 1. The van der Waals surface area contributed by atoms with Crippen LogP contribution in [0.15, 0.2) is 0 Å². The first-order valence-corrected chi connectivity index (χ1v) is 8.40. The van der Waals surface area contributed by atoms with Gasteiger partial charge in [0.1, 0.15) is 0 Å². The normalized spacial score (nSPS) is 36.0. The lowest BCUT2D eigenvalue weighted by atomic mass is 9.61. The molecule has 1 heteroatoms. The van der Waals surface area contributed by atoms with E-state index in [1.165, 1.54) is 70.6 Å². The summed E-state index contributed by atoms with van der Waals surface area (Å²) in [4.78, 5) is 0. The second-order valence-electron chi connectivity index (χ2n) is 6.56. The van der Waals surface area contributed by atoms with Gasteiger partial charge in [-0.15, -0.1) is 11.6 Å². The van der Waals surface area contributed by atoms with Crippen LogP contribution in [0.1, 0.15) is 77.6 Å². The van der Waals surface area contributed by atoms with Gasteiger partial charge in [-0.25, -0.2) is 0 Å². The minimum atomic E-state index is 0.534. The van der Waals surface area contributed by atoms with Crippen molar-refractivity contribution in [1.29, 1.82) is 0 Å². The molecule has 0 bridgehead atoms. The van der Waals surface area contributed by atoms with E-state index in [-0.39, 0.29) is 0 Å². The van der Waals surface area contributed by atoms with Crippen molar-refractivity contribution < 1.29 is 0 Å². The van der Waals surface area contributed by atoms with Crippen LogP contribution in [0.2, 0.25) is 0 Å². The molecule has 0 aromatic rings. The SMILES string of the molecule is CCCC1CCC(CCl)(C2CCCCC2)CC1. The van der Waals surface area contributed by atoms with E-state index in [0.29, 0.717) is 5.41 Å². The van der Waals surface area contributed by atoms with Crippen LogP contribution in [-0.4, -0.2) is 5.88 Å². The number of halogens is 1. The largest absolute Gasteiger partial charge is 0.126 e. The van der Waals surface area contributed by atoms with Gasteiger partial charge in [0.25, 0.3) is 0 Å². The van der Waals surface area contributed by atoms with Gasteiger partial charge in [0.2, 0.25) is 0 Å². The Hall–Kier alpha value is 0.290. The maximum absolute atomic E-state index is 6.40. The molecule has 2 saturated carbocycles. The van der Waals surface area contributed by atoms with Crippen LogP contribution in [0.3, 0.4) is 0 Å². The summed E-state index contributed by atoms with van der Waals surface area (Å²) >= 11 is 6.40. The average Bonchev–Trinajstić information content (AvgIpc) is 2.41. The van der Waals surface area contributed by atoms with Crippen LogP contribution >= 0.6 is 11.6 Å². The van der Waals surface area contributed by atoms with Gasteiger partial charge in [-0.3, -0.25) is 0 Å². The lowest BCUT2D eigenvalue weighted by Crippen LogP contribution is -2.37. The molecule has 2 aliphatic carbocycles. The molecule has 0 aromatic carbocycles. The van der Waals surface area contributed by atoms with E-state index in [0.717, 1.165) is 17.7 Å². The Morgan fingerprint density at radius 1 is 1.00 bits per heavy atom. The van der Waals surface area contributed by atoms with E-state index in [1.54, 1.807) is 0 Å². The fraction of sp³-hybridized carbons (Fsp3) is 1.00. The first-order valence-electron chi connectivity index (χ1n) is 7.86. The van der Waals surface area contributed by atoms with Crippen molar-refractivity contribution >= 4 is 11.6 Å². The minimum absolute atomic E-state index is 0.534. The van der Waals surface area contributed by atoms with E-state index >= 15 is 0 Å². The summed E-state index contributed by atoms with van der Waals surface area (Å²) in [7, 11) is 0. The molecule has 2 rings (SSSR count). The second kappa shape index (κ2) is 6.45. The van der Waals surface area contributed by atoms with E-state index in [4.69, 9.17) is 11.6 Å². The number of rotatable bonds is 4. The molecule has 0 radical (unpaired) electrons. The van der Waals surface area contributed by atoms with Crippen molar-refractivity contribution in [2.75, 3.05) is 5.88 Å². The smallest absolute Gasteiger partial charge is 0.0282 e. The van der Waals surface area contributed by atoms with Gasteiger partial charge in [-0.1, -0.05) is 39.0 Å². The molecule has 0 heterocycles. The summed E-state index contributed by atoms with van der Waals surface area (Å²) in [6.45, 7) is 2.32. The van der Waals surface area contributed by atoms with Crippen LogP contribution in [0.25, 0.3) is 0 Å². The molecule has 0 saturated heterocycles. The predicted molar refractivity (Wildman–Crippen MR) is 76.6 cm³/mol. The molecule has 17 heavy (non-hydrogen) atoms. The Bertz CT molecular complexity index is 210. The van der Waals surface area contributed by atoms with Crippen LogP contribution in [0.4, 0.5) is 0 Å². The first kappa shape index (κ1) is 13.7. The monoisotopic (exact) mass is 256 g/mol. The Balaban J connectivity index is 1.92. The topological polar surface area (TPSA) is 0 Å². The maximum atomic E-state index is 6.40. The molecule has 0 N–H and O–H groups in total. The lowest BCUT2D eigenvalue weighted by Gasteiger charge is -2.46. The van der Waals surface area contributed by atoms with E-state index in [2.05, 4.69) is 6.92 Å². The molecule has 0 amide bonds. The standard InChI is InChI=1S/C16H29Cl/c1-2-6-14-9-11-16(13-17,12-10-14)15-7-4-3-5-8-15/h14-15H,2-13H2,1H3. The highest BCUT2D eigenvalue weighted by molar-refractivity contribution is 6.18. The van der Waals surface area contributed by atoms with Crippen molar-refractivity contribution in [1.82, 2.24) is 0 Å². The summed E-state index contributed by atoms with van der Waals surface area (Å²) < 4.78 is 0. The van der Waals surface area contributed by atoms with Crippen LogP contribution in [0, 0.1) is 17.3 Å². The van der Waals surface area contributed by atoms with Crippen molar-refractivity contribution in [2.45, 2.75) is 77.6 Å². The fourth-order valence-corrected chi connectivity index (χ4v) is 4.80. The molecule has 0 spiro atoms. The van der Waals surface area contributed by atoms with Crippen LogP contribution < -0.4 is 0 Å². The third kappa shape index (κ3) is 3.19. The summed E-state index contributed by atoms with van der Waals surface area (Å²) in [5.74, 6) is 2.90. The maximum Gasteiger partial charge on any atom is 0.0282 e. The summed E-state index contributed by atoms with van der Waals surface area (Å²) in [6.07, 6.45) is 15.9. The van der Waals surface area contributed by atoms with Gasteiger partial charge < -0.3 is 0 Å². The molecule has 0 aliphatic heterocycles. The summed E-state index contributed by atoms with van der Waals surface area (Å²) in [6, 6.07) is 0. The Morgan fingerprint density at radius 3 is 2.18 bits per heavy atom. The Labute approximate surface area is 113 Å². The third-order valence-corrected chi connectivity index (χ3v) is 6.07. The molecular formula is C16H29Cl. The Morgan fingerprint density at radius 2 is 1.65 bits per heavy atom. The highest BCUT2D eigenvalue weighted by Gasteiger charge is 2.41. The summed E-state index contributed by atoms with van der Waals surface area (Å²) in [5.41, 5.74) is 0.534. The highest BCUT2D eigenvalue weighted by Crippen LogP contribution is 2.50. The van der Waals surface area contributed by atoms with Gasteiger partial charge >= 0.3 is 0 Å². The van der Waals surface area contributed by atoms with Crippen LogP contribution in [0.5, 0.6) is 0 Å².